The first-order chi connectivity index (χ1) is 21.0. The minimum Gasteiger partial charge on any atom is -0.436 e. The monoisotopic (exact) mass is 605 g/mol. The van der Waals surface area contributed by atoms with E-state index in [9.17, 15) is 28.0 Å². The summed E-state index contributed by atoms with van der Waals surface area (Å²) in [5.74, 6) is 0.599. The fourth-order valence-corrected chi connectivity index (χ4v) is 5.11. The third-order valence-electron chi connectivity index (χ3n) is 7.44. The first kappa shape index (κ1) is 32.2. The zero-order valence-corrected chi connectivity index (χ0v) is 24.8. The molecule has 5 rings (SSSR count). The minimum absolute atomic E-state index is 0.0411. The van der Waals surface area contributed by atoms with Crippen molar-refractivity contribution in [1.29, 1.82) is 5.26 Å². The van der Waals surface area contributed by atoms with Crippen LogP contribution >= 0.6 is 0 Å². The number of aromatic nitrogens is 2. The van der Waals surface area contributed by atoms with E-state index in [0.29, 0.717) is 40.5 Å². The second kappa shape index (κ2) is 14.2. The number of rotatable bonds is 6. The van der Waals surface area contributed by atoms with Crippen molar-refractivity contribution in [2.75, 3.05) is 12.4 Å². The van der Waals surface area contributed by atoms with Gasteiger partial charge in [-0.25, -0.2) is 9.97 Å². The number of benzene rings is 2. The highest BCUT2D eigenvalue weighted by atomic mass is 19.4. The molecule has 0 aliphatic heterocycles. The normalized spacial score (nSPS) is 13.6. The molecule has 1 aliphatic carbocycles. The van der Waals surface area contributed by atoms with Gasteiger partial charge in [-0.05, 0) is 73.2 Å². The van der Waals surface area contributed by atoms with E-state index in [0.717, 1.165) is 55.1 Å². The van der Waals surface area contributed by atoms with Gasteiger partial charge in [-0.15, -0.1) is 0 Å². The lowest BCUT2D eigenvalue weighted by Gasteiger charge is -2.20. The van der Waals surface area contributed by atoms with Gasteiger partial charge in [0.15, 0.2) is 5.58 Å². The standard InChI is InChI=1S/C19H17N3O2.C14H17F3N2O/c1-11(2)15-8-12(10-20)9-16-17(15)24-19(22-16)14-6-4-13(5-7-14)18(23)21-3;15-14(16,17)11-6-7-18-12(9-11)19-13(20)8-10-4-2-1-3-5-10/h4-9,11H,1-3H3,(H,21,23);6-7,9-10H,1-5,8H2,(H,18,19,20). The van der Waals surface area contributed by atoms with Crippen LogP contribution in [0.2, 0.25) is 0 Å². The zero-order chi connectivity index (χ0) is 31.9. The van der Waals surface area contributed by atoms with Crippen LogP contribution in [0.15, 0.2) is 59.1 Å². The van der Waals surface area contributed by atoms with E-state index in [4.69, 9.17) is 4.42 Å². The Morgan fingerprint density at radius 2 is 1.77 bits per heavy atom. The topological polar surface area (TPSA) is 121 Å². The van der Waals surface area contributed by atoms with Gasteiger partial charge in [0.25, 0.3) is 5.91 Å². The number of nitrogens with zero attached hydrogens (tertiary/aromatic N) is 3. The van der Waals surface area contributed by atoms with Gasteiger partial charge in [-0.1, -0.05) is 33.1 Å². The average Bonchev–Trinajstić information content (AvgIpc) is 3.45. The number of carbonyl (C=O) groups is 2. The summed E-state index contributed by atoms with van der Waals surface area (Å²) in [7, 11) is 1.59. The molecule has 2 N–H and O–H groups in total. The highest BCUT2D eigenvalue weighted by molar-refractivity contribution is 5.94. The van der Waals surface area contributed by atoms with Crippen molar-refractivity contribution in [1.82, 2.24) is 15.3 Å². The lowest BCUT2D eigenvalue weighted by Crippen LogP contribution is -2.19. The number of pyridine rings is 1. The van der Waals surface area contributed by atoms with E-state index in [1.54, 1.807) is 37.4 Å². The maximum Gasteiger partial charge on any atom is 0.416 e. The lowest BCUT2D eigenvalue weighted by atomic mass is 9.87. The Morgan fingerprint density at radius 3 is 2.39 bits per heavy atom. The molecule has 44 heavy (non-hydrogen) atoms. The number of alkyl halides is 3. The van der Waals surface area contributed by atoms with Crippen molar-refractivity contribution in [2.24, 2.45) is 5.92 Å². The summed E-state index contributed by atoms with van der Waals surface area (Å²) in [5, 5.41) is 14.2. The molecular weight excluding hydrogens is 571 g/mol. The fourth-order valence-electron chi connectivity index (χ4n) is 5.11. The molecule has 8 nitrogen and oxygen atoms in total. The van der Waals surface area contributed by atoms with Crippen LogP contribution in [0.25, 0.3) is 22.6 Å². The number of nitriles is 1. The number of oxazole rings is 1. The van der Waals surface area contributed by atoms with Crippen LogP contribution in [0.5, 0.6) is 0 Å². The Balaban J connectivity index is 0.000000204. The van der Waals surface area contributed by atoms with Crippen LogP contribution < -0.4 is 10.6 Å². The Morgan fingerprint density at radius 1 is 1.07 bits per heavy atom. The summed E-state index contributed by atoms with van der Waals surface area (Å²) in [5.41, 5.74) is 3.46. The Hall–Kier alpha value is -4.72. The number of anilines is 1. The second-order valence-electron chi connectivity index (χ2n) is 11.0. The maximum absolute atomic E-state index is 12.5. The predicted octanol–water partition coefficient (Wildman–Crippen LogP) is 7.86. The molecule has 0 saturated heterocycles. The smallest absolute Gasteiger partial charge is 0.416 e. The number of amides is 2. The number of halogens is 3. The predicted molar refractivity (Wildman–Crippen MR) is 161 cm³/mol. The summed E-state index contributed by atoms with van der Waals surface area (Å²) < 4.78 is 43.6. The number of fused-ring (bicyclic) bond motifs is 1. The van der Waals surface area contributed by atoms with Crippen molar-refractivity contribution in [2.45, 2.75) is 64.5 Å². The molecule has 1 aliphatic rings. The molecular formula is C33H34F3N5O3. The van der Waals surface area contributed by atoms with Gasteiger partial charge >= 0.3 is 6.18 Å². The molecule has 4 aromatic rings. The molecule has 2 aromatic carbocycles. The lowest BCUT2D eigenvalue weighted by molar-refractivity contribution is -0.137. The molecule has 0 atom stereocenters. The van der Waals surface area contributed by atoms with E-state index < -0.39 is 11.7 Å². The van der Waals surface area contributed by atoms with Crippen molar-refractivity contribution < 1.29 is 27.2 Å². The molecule has 0 bridgehead atoms. The number of nitrogens with one attached hydrogen (secondary N) is 2. The number of hydrogen-bond donors (Lipinski definition) is 2. The Bertz CT molecular complexity index is 1650. The van der Waals surface area contributed by atoms with Gasteiger partial charge in [0.2, 0.25) is 11.8 Å². The highest BCUT2D eigenvalue weighted by Gasteiger charge is 2.31. The first-order valence-electron chi connectivity index (χ1n) is 14.5. The Labute approximate surface area is 253 Å². The van der Waals surface area contributed by atoms with Gasteiger partial charge in [0.05, 0.1) is 17.2 Å². The summed E-state index contributed by atoms with van der Waals surface area (Å²) in [4.78, 5) is 31.7. The summed E-state index contributed by atoms with van der Waals surface area (Å²) in [6, 6.07) is 14.5. The van der Waals surface area contributed by atoms with E-state index >= 15 is 0 Å². The van der Waals surface area contributed by atoms with Crippen LogP contribution in [0.1, 0.15) is 85.3 Å². The first-order valence-corrected chi connectivity index (χ1v) is 14.5. The van der Waals surface area contributed by atoms with Gasteiger partial charge in [0, 0.05) is 36.4 Å². The van der Waals surface area contributed by atoms with Gasteiger partial charge in [-0.3, -0.25) is 9.59 Å². The minimum atomic E-state index is -4.42. The SMILES string of the molecule is CNC(=O)c1ccc(-c2nc3cc(C#N)cc(C(C)C)c3o2)cc1.O=C(CC1CCCCC1)Nc1cc(C(F)(F)F)ccn1. The van der Waals surface area contributed by atoms with Crippen LogP contribution in [0, 0.1) is 17.2 Å². The van der Waals surface area contributed by atoms with E-state index in [-0.39, 0.29) is 23.6 Å². The molecule has 0 spiro atoms. The molecule has 0 unspecified atom stereocenters. The van der Waals surface area contributed by atoms with Crippen molar-refractivity contribution in [3.8, 4) is 17.5 Å². The van der Waals surface area contributed by atoms with Crippen molar-refractivity contribution >= 4 is 28.7 Å². The van der Waals surface area contributed by atoms with Crippen molar-refractivity contribution in [3.05, 3.63) is 77.0 Å². The molecule has 2 aromatic heterocycles. The molecule has 0 radical (unpaired) electrons. The van der Waals surface area contributed by atoms with E-state index in [1.165, 1.54) is 6.42 Å². The van der Waals surface area contributed by atoms with Crippen LogP contribution in [-0.2, 0) is 11.0 Å². The summed E-state index contributed by atoms with van der Waals surface area (Å²) in [6.45, 7) is 4.10. The third kappa shape index (κ3) is 8.22. The van der Waals surface area contributed by atoms with Crippen molar-refractivity contribution in [3.63, 3.8) is 0 Å². The molecule has 2 heterocycles. The van der Waals surface area contributed by atoms with Gasteiger partial charge < -0.3 is 15.1 Å². The maximum atomic E-state index is 12.5. The third-order valence-corrected chi connectivity index (χ3v) is 7.44. The van der Waals surface area contributed by atoms with Crippen LogP contribution in [0.3, 0.4) is 0 Å². The summed E-state index contributed by atoms with van der Waals surface area (Å²) >= 11 is 0. The van der Waals surface area contributed by atoms with Gasteiger partial charge in [0.1, 0.15) is 11.3 Å². The number of carbonyl (C=O) groups excluding carboxylic acids is 2. The second-order valence-corrected chi connectivity index (χ2v) is 11.0. The summed E-state index contributed by atoms with van der Waals surface area (Å²) in [6.07, 6.45) is 2.47. The quantitative estimate of drug-likeness (QED) is 0.231. The zero-order valence-electron chi connectivity index (χ0n) is 24.8. The van der Waals surface area contributed by atoms with E-state index in [2.05, 4.69) is 40.5 Å². The molecule has 230 valence electrons. The molecule has 2 amide bonds. The van der Waals surface area contributed by atoms with Crippen LogP contribution in [0.4, 0.5) is 19.0 Å². The van der Waals surface area contributed by atoms with Crippen LogP contribution in [-0.4, -0.2) is 28.8 Å². The molecule has 11 heteroatoms. The highest BCUT2D eigenvalue weighted by Crippen LogP contribution is 2.32. The average molecular weight is 606 g/mol. The largest absolute Gasteiger partial charge is 0.436 e. The van der Waals surface area contributed by atoms with E-state index in [1.807, 2.05) is 6.07 Å². The number of hydrogen-bond acceptors (Lipinski definition) is 6. The fraction of sp³-hybridized carbons (Fsp3) is 0.364. The molecule has 1 fully saturated rings. The molecule has 1 saturated carbocycles. The Kier molecular flexibility index (Phi) is 10.4. The van der Waals surface area contributed by atoms with Gasteiger partial charge in [-0.2, -0.15) is 18.4 Å².